The topological polar surface area (TPSA) is 56.5 Å². The summed E-state index contributed by atoms with van der Waals surface area (Å²) in [4.78, 5) is 20.7. The van der Waals surface area contributed by atoms with E-state index in [9.17, 15) is 0 Å². The van der Waals surface area contributed by atoms with Crippen molar-refractivity contribution < 1.29 is 0 Å². The molecule has 0 radical (unpaired) electrons. The van der Waals surface area contributed by atoms with Gasteiger partial charge in [0.1, 0.15) is 5.01 Å². The minimum atomic E-state index is 0.585. The van der Waals surface area contributed by atoms with Crippen LogP contribution in [-0.2, 0) is 0 Å². The van der Waals surface area contributed by atoms with E-state index in [1.165, 1.54) is 20.2 Å². The fourth-order valence-electron chi connectivity index (χ4n) is 7.40. The molecule has 0 N–H and O–H groups in total. The third kappa shape index (κ3) is 4.97. The van der Waals surface area contributed by atoms with Gasteiger partial charge in [0.25, 0.3) is 0 Å². The molecule has 53 heavy (non-hydrogen) atoms. The van der Waals surface area contributed by atoms with E-state index in [-0.39, 0.29) is 0 Å². The van der Waals surface area contributed by atoms with Gasteiger partial charge >= 0.3 is 0 Å². The Balaban J connectivity index is 1.14. The van der Waals surface area contributed by atoms with Gasteiger partial charge in [-0.3, -0.25) is 4.57 Å². The zero-order valence-corrected chi connectivity index (χ0v) is 29.8. The molecule has 0 aliphatic heterocycles. The van der Waals surface area contributed by atoms with Gasteiger partial charge in [-0.25, -0.2) is 9.97 Å². The second kappa shape index (κ2) is 12.0. The standard InChI is InChI=1S/C46H27N5S2/c1-3-12-28(13-4-1)30-22-24-33-32-16-7-9-20-38(32)51(39(33)27-30)46-49-43(29-14-5-2-6-15-29)48-44(50-46)35-18-11-17-34-36-26-31(23-25-40(36)52-42(34)35)45-47-37-19-8-10-21-41(37)53-45/h1-27H. The number of para-hydroxylation sites is 2. The summed E-state index contributed by atoms with van der Waals surface area (Å²) in [6.45, 7) is 0. The number of fused-ring (bicyclic) bond motifs is 7. The lowest BCUT2D eigenvalue weighted by molar-refractivity contribution is 0.954. The molecule has 0 aliphatic rings. The van der Waals surface area contributed by atoms with Crippen molar-refractivity contribution in [2.24, 2.45) is 0 Å². The lowest BCUT2D eigenvalue weighted by atomic mass is 10.0. The van der Waals surface area contributed by atoms with Gasteiger partial charge in [0, 0.05) is 47.6 Å². The highest BCUT2D eigenvalue weighted by atomic mass is 32.1. The normalized spacial score (nSPS) is 11.8. The van der Waals surface area contributed by atoms with Gasteiger partial charge in [-0.05, 0) is 53.6 Å². The maximum Gasteiger partial charge on any atom is 0.238 e. The molecule has 0 fully saturated rings. The molecule has 0 bridgehead atoms. The third-order valence-corrected chi connectivity index (χ3v) is 12.2. The predicted molar refractivity (Wildman–Crippen MR) is 222 cm³/mol. The molecule has 5 nitrogen and oxygen atoms in total. The minimum Gasteiger partial charge on any atom is -0.278 e. The van der Waals surface area contributed by atoms with E-state index >= 15 is 0 Å². The van der Waals surface area contributed by atoms with Gasteiger partial charge in [0.05, 0.1) is 21.3 Å². The Hall–Kier alpha value is -6.54. The molecular weight excluding hydrogens is 687 g/mol. The van der Waals surface area contributed by atoms with Crippen LogP contribution in [0.15, 0.2) is 164 Å². The first-order chi connectivity index (χ1) is 26.2. The Morgan fingerprint density at radius 1 is 0.396 bits per heavy atom. The predicted octanol–water partition coefficient (Wildman–Crippen LogP) is 12.6. The zero-order chi connectivity index (χ0) is 34.9. The van der Waals surface area contributed by atoms with Crippen LogP contribution in [0.3, 0.4) is 0 Å². The van der Waals surface area contributed by atoms with Gasteiger partial charge in [-0.15, -0.1) is 22.7 Å². The van der Waals surface area contributed by atoms with Crippen LogP contribution in [0.25, 0.3) is 103 Å². The molecule has 0 saturated carbocycles. The van der Waals surface area contributed by atoms with Crippen molar-refractivity contribution in [3.63, 3.8) is 0 Å². The Morgan fingerprint density at radius 3 is 1.98 bits per heavy atom. The van der Waals surface area contributed by atoms with E-state index in [0.29, 0.717) is 17.6 Å². The molecule has 11 aromatic rings. The molecule has 11 rings (SSSR count). The molecule has 0 saturated heterocycles. The molecule has 0 spiro atoms. The van der Waals surface area contributed by atoms with Crippen molar-refractivity contribution in [2.45, 2.75) is 0 Å². The van der Waals surface area contributed by atoms with E-state index < -0.39 is 0 Å². The Kier molecular flexibility index (Phi) is 6.83. The smallest absolute Gasteiger partial charge is 0.238 e. The number of aromatic nitrogens is 5. The molecule has 0 unspecified atom stereocenters. The Bertz CT molecular complexity index is 3150. The van der Waals surface area contributed by atoms with Gasteiger partial charge in [0.2, 0.25) is 5.95 Å². The zero-order valence-electron chi connectivity index (χ0n) is 28.1. The van der Waals surface area contributed by atoms with Crippen LogP contribution in [0, 0.1) is 0 Å². The number of rotatable bonds is 5. The summed E-state index contributed by atoms with van der Waals surface area (Å²) in [5.74, 6) is 1.86. The largest absolute Gasteiger partial charge is 0.278 e. The average molecular weight is 714 g/mol. The Labute approximate surface area is 312 Å². The van der Waals surface area contributed by atoms with Crippen LogP contribution in [0.4, 0.5) is 0 Å². The van der Waals surface area contributed by atoms with E-state index in [4.69, 9.17) is 19.9 Å². The maximum atomic E-state index is 5.32. The van der Waals surface area contributed by atoms with Gasteiger partial charge in [0.15, 0.2) is 11.6 Å². The van der Waals surface area contributed by atoms with Crippen LogP contribution in [-0.4, -0.2) is 24.5 Å². The average Bonchev–Trinajstić information content (AvgIpc) is 3.93. The SMILES string of the molecule is c1ccc(-c2ccc3c4ccccc4n(-c4nc(-c5ccccc5)nc(-c5cccc6c5sc5ccc(-c7nc8ccccc8s7)cc56)n4)c3c2)cc1. The minimum absolute atomic E-state index is 0.585. The van der Waals surface area contributed by atoms with Gasteiger partial charge in [-0.1, -0.05) is 121 Å². The fourth-order valence-corrected chi connectivity index (χ4v) is 9.56. The van der Waals surface area contributed by atoms with Crippen molar-refractivity contribution in [3.05, 3.63) is 164 Å². The Morgan fingerprint density at radius 2 is 1.11 bits per heavy atom. The van der Waals surface area contributed by atoms with Gasteiger partial charge < -0.3 is 0 Å². The van der Waals surface area contributed by atoms with Crippen LogP contribution in [0.2, 0.25) is 0 Å². The van der Waals surface area contributed by atoms with E-state index in [2.05, 4.69) is 144 Å². The quantitative estimate of drug-likeness (QED) is 0.178. The number of thiazole rings is 1. The van der Waals surface area contributed by atoms with Crippen molar-refractivity contribution in [1.82, 2.24) is 24.5 Å². The van der Waals surface area contributed by atoms with E-state index in [1.807, 2.05) is 24.3 Å². The molecule has 0 atom stereocenters. The van der Waals surface area contributed by atoms with Crippen LogP contribution in [0.5, 0.6) is 0 Å². The first-order valence-corrected chi connectivity index (χ1v) is 19.1. The third-order valence-electron chi connectivity index (χ3n) is 9.92. The molecule has 248 valence electrons. The first-order valence-electron chi connectivity index (χ1n) is 17.5. The van der Waals surface area contributed by atoms with Crippen molar-refractivity contribution in [2.75, 3.05) is 0 Å². The fraction of sp³-hybridized carbons (Fsp3) is 0. The lowest BCUT2D eigenvalue weighted by Gasteiger charge is -2.12. The number of nitrogens with zero attached hydrogens (tertiary/aromatic N) is 5. The molecule has 7 aromatic carbocycles. The molecule has 4 aromatic heterocycles. The van der Waals surface area contributed by atoms with Crippen LogP contribution >= 0.6 is 22.7 Å². The van der Waals surface area contributed by atoms with E-state index in [1.54, 1.807) is 22.7 Å². The van der Waals surface area contributed by atoms with Crippen molar-refractivity contribution >= 4 is 74.9 Å². The second-order valence-corrected chi connectivity index (χ2v) is 15.2. The molecule has 7 heteroatoms. The molecular formula is C46H27N5S2. The summed E-state index contributed by atoms with van der Waals surface area (Å²) in [7, 11) is 0. The van der Waals surface area contributed by atoms with Crippen molar-refractivity contribution in [1.29, 1.82) is 0 Å². The summed E-state index contributed by atoms with van der Waals surface area (Å²) in [6.07, 6.45) is 0. The highest BCUT2D eigenvalue weighted by molar-refractivity contribution is 7.26. The molecule has 0 amide bonds. The van der Waals surface area contributed by atoms with Crippen LogP contribution in [0.1, 0.15) is 0 Å². The second-order valence-electron chi connectivity index (χ2n) is 13.1. The molecule has 4 heterocycles. The summed E-state index contributed by atoms with van der Waals surface area (Å²) < 4.78 is 5.75. The highest BCUT2D eigenvalue weighted by Gasteiger charge is 2.20. The highest BCUT2D eigenvalue weighted by Crippen LogP contribution is 2.42. The summed E-state index contributed by atoms with van der Waals surface area (Å²) in [6, 6.07) is 57.4. The monoisotopic (exact) mass is 713 g/mol. The van der Waals surface area contributed by atoms with Crippen LogP contribution < -0.4 is 0 Å². The molecule has 0 aliphatic carbocycles. The van der Waals surface area contributed by atoms with Gasteiger partial charge in [-0.2, -0.15) is 9.97 Å². The summed E-state index contributed by atoms with van der Waals surface area (Å²) in [5.41, 5.74) is 8.47. The lowest BCUT2D eigenvalue weighted by Crippen LogP contribution is -2.06. The number of thiophene rings is 1. The number of hydrogen-bond donors (Lipinski definition) is 0. The summed E-state index contributed by atoms with van der Waals surface area (Å²) >= 11 is 3.51. The van der Waals surface area contributed by atoms with Crippen molar-refractivity contribution in [3.8, 4) is 50.4 Å². The van der Waals surface area contributed by atoms with E-state index in [0.717, 1.165) is 64.8 Å². The maximum absolute atomic E-state index is 5.32. The summed E-state index contributed by atoms with van der Waals surface area (Å²) in [5, 5.41) is 5.72. The first kappa shape index (κ1) is 30.1. The number of hydrogen-bond acceptors (Lipinski definition) is 6. The number of benzene rings is 7.